The van der Waals surface area contributed by atoms with Crippen LogP contribution < -0.4 is 5.32 Å². The highest BCUT2D eigenvalue weighted by Crippen LogP contribution is 2.38. The molecule has 0 heterocycles. The Balaban J connectivity index is 1.47. The number of nitrogens with one attached hydrogen (secondary N) is 1. The first-order valence-electron chi connectivity index (χ1n) is 7.48. The van der Waals surface area contributed by atoms with Gasteiger partial charge in [-0.2, -0.15) is 0 Å². The quantitative estimate of drug-likeness (QED) is 0.824. The van der Waals surface area contributed by atoms with Gasteiger partial charge in [0.1, 0.15) is 0 Å². The predicted octanol–water partition coefficient (Wildman–Crippen LogP) is 3.51. The van der Waals surface area contributed by atoms with Gasteiger partial charge in [0.2, 0.25) is 0 Å². The molecule has 0 radical (unpaired) electrons. The minimum atomic E-state index is -0.863. The Hall–Kier alpha value is -1.61. The standard InChI is InChI=1S/C17H21NO2/c19-17(20)15-3-1-12(2-4-15)11-18-16-9-7-14(8-10-16)13-5-6-13/h1-4,16,18H,5-11H2,(H,19,20). The first kappa shape index (κ1) is 13.4. The lowest BCUT2D eigenvalue weighted by Gasteiger charge is -2.25. The normalized spacial score (nSPS) is 21.9. The van der Waals surface area contributed by atoms with E-state index in [1.807, 2.05) is 12.1 Å². The van der Waals surface area contributed by atoms with Crippen molar-refractivity contribution in [2.45, 2.75) is 51.1 Å². The summed E-state index contributed by atoms with van der Waals surface area (Å²) in [6.45, 7) is 0.830. The number of carbonyl (C=O) groups is 1. The van der Waals surface area contributed by atoms with Crippen LogP contribution >= 0.6 is 0 Å². The van der Waals surface area contributed by atoms with Gasteiger partial charge in [-0.1, -0.05) is 23.3 Å². The smallest absolute Gasteiger partial charge is 0.335 e. The average Bonchev–Trinajstić information content (AvgIpc) is 3.31. The lowest BCUT2D eigenvalue weighted by molar-refractivity contribution is 0.0697. The number of hydrogen-bond acceptors (Lipinski definition) is 2. The van der Waals surface area contributed by atoms with Crippen LogP contribution in [0.3, 0.4) is 0 Å². The molecule has 0 amide bonds. The van der Waals surface area contributed by atoms with Crippen molar-refractivity contribution < 1.29 is 9.90 Å². The van der Waals surface area contributed by atoms with Gasteiger partial charge >= 0.3 is 5.97 Å². The molecule has 2 aliphatic carbocycles. The third-order valence-corrected chi connectivity index (χ3v) is 4.38. The summed E-state index contributed by atoms with van der Waals surface area (Å²) in [7, 11) is 0. The van der Waals surface area contributed by atoms with Gasteiger partial charge < -0.3 is 10.4 Å². The van der Waals surface area contributed by atoms with Gasteiger partial charge in [-0.05, 0) is 56.2 Å². The SMILES string of the molecule is O=C(O)c1ccc(CNC2CCC(=C3CC3)CC2)cc1. The van der Waals surface area contributed by atoms with Crippen molar-refractivity contribution in [3.05, 3.63) is 46.5 Å². The summed E-state index contributed by atoms with van der Waals surface area (Å²) in [5, 5.41) is 12.5. The molecule has 2 fully saturated rings. The average molecular weight is 271 g/mol. The highest BCUT2D eigenvalue weighted by molar-refractivity contribution is 5.87. The second-order valence-corrected chi connectivity index (χ2v) is 5.86. The molecule has 0 atom stereocenters. The summed E-state index contributed by atoms with van der Waals surface area (Å²) in [4.78, 5) is 10.8. The van der Waals surface area contributed by atoms with Gasteiger partial charge in [0.15, 0.2) is 0 Å². The third-order valence-electron chi connectivity index (χ3n) is 4.38. The molecule has 0 aliphatic heterocycles. The van der Waals surface area contributed by atoms with Crippen LogP contribution in [-0.4, -0.2) is 17.1 Å². The van der Waals surface area contributed by atoms with Gasteiger partial charge in [-0.3, -0.25) is 0 Å². The highest BCUT2D eigenvalue weighted by atomic mass is 16.4. The van der Waals surface area contributed by atoms with Crippen molar-refractivity contribution >= 4 is 5.97 Å². The van der Waals surface area contributed by atoms with Crippen LogP contribution in [0.5, 0.6) is 0 Å². The minimum absolute atomic E-state index is 0.354. The van der Waals surface area contributed by atoms with Crippen molar-refractivity contribution in [1.82, 2.24) is 5.32 Å². The second-order valence-electron chi connectivity index (χ2n) is 5.86. The molecule has 0 unspecified atom stereocenters. The number of carboxylic acids is 1. The van der Waals surface area contributed by atoms with Crippen molar-refractivity contribution in [2.75, 3.05) is 0 Å². The molecule has 0 aromatic heterocycles. The van der Waals surface area contributed by atoms with Gasteiger partial charge in [0, 0.05) is 12.6 Å². The molecular weight excluding hydrogens is 250 g/mol. The van der Waals surface area contributed by atoms with E-state index >= 15 is 0 Å². The van der Waals surface area contributed by atoms with Crippen LogP contribution in [0, 0.1) is 0 Å². The fourth-order valence-electron chi connectivity index (χ4n) is 2.97. The van der Waals surface area contributed by atoms with E-state index in [1.165, 1.54) is 38.5 Å². The number of aromatic carboxylic acids is 1. The summed E-state index contributed by atoms with van der Waals surface area (Å²) >= 11 is 0. The monoisotopic (exact) mass is 271 g/mol. The maximum Gasteiger partial charge on any atom is 0.335 e. The summed E-state index contributed by atoms with van der Waals surface area (Å²) < 4.78 is 0. The van der Waals surface area contributed by atoms with Crippen LogP contribution in [0.1, 0.15) is 54.4 Å². The van der Waals surface area contributed by atoms with E-state index in [2.05, 4.69) is 5.32 Å². The van der Waals surface area contributed by atoms with Crippen LogP contribution in [0.15, 0.2) is 35.4 Å². The Morgan fingerprint density at radius 1 is 1.05 bits per heavy atom. The second kappa shape index (κ2) is 5.80. The Morgan fingerprint density at radius 2 is 1.65 bits per heavy atom. The Labute approximate surface area is 119 Å². The zero-order valence-electron chi connectivity index (χ0n) is 11.7. The number of allylic oxidation sites excluding steroid dienone is 2. The summed E-state index contributed by atoms with van der Waals surface area (Å²) in [5.74, 6) is -0.863. The van der Waals surface area contributed by atoms with Crippen LogP contribution in [0.2, 0.25) is 0 Å². The number of rotatable bonds is 4. The molecule has 3 heteroatoms. The molecule has 0 bridgehead atoms. The first-order chi connectivity index (χ1) is 9.72. The summed E-state index contributed by atoms with van der Waals surface area (Å²) in [5.41, 5.74) is 4.97. The zero-order chi connectivity index (χ0) is 13.9. The molecule has 2 saturated carbocycles. The van der Waals surface area contributed by atoms with E-state index in [0.717, 1.165) is 12.1 Å². The zero-order valence-corrected chi connectivity index (χ0v) is 11.7. The summed E-state index contributed by atoms with van der Waals surface area (Å²) in [6.07, 6.45) is 7.72. The molecule has 20 heavy (non-hydrogen) atoms. The van der Waals surface area contributed by atoms with E-state index in [0.29, 0.717) is 11.6 Å². The van der Waals surface area contributed by atoms with Crippen LogP contribution in [0.4, 0.5) is 0 Å². The third kappa shape index (κ3) is 3.28. The maximum absolute atomic E-state index is 10.8. The van der Waals surface area contributed by atoms with Crippen molar-refractivity contribution in [3.8, 4) is 0 Å². The number of hydrogen-bond donors (Lipinski definition) is 2. The Morgan fingerprint density at radius 3 is 2.20 bits per heavy atom. The molecule has 0 spiro atoms. The number of carboxylic acid groups (broad SMARTS) is 1. The van der Waals surface area contributed by atoms with E-state index in [1.54, 1.807) is 23.3 Å². The number of benzene rings is 1. The fourth-order valence-corrected chi connectivity index (χ4v) is 2.97. The lowest BCUT2D eigenvalue weighted by Crippen LogP contribution is -2.31. The van der Waals surface area contributed by atoms with Crippen molar-refractivity contribution in [2.24, 2.45) is 0 Å². The van der Waals surface area contributed by atoms with Crippen molar-refractivity contribution in [3.63, 3.8) is 0 Å². The molecular formula is C17H21NO2. The summed E-state index contributed by atoms with van der Waals surface area (Å²) in [6, 6.07) is 7.76. The minimum Gasteiger partial charge on any atom is -0.478 e. The predicted molar refractivity (Wildman–Crippen MR) is 78.8 cm³/mol. The molecule has 106 valence electrons. The maximum atomic E-state index is 10.8. The van der Waals surface area contributed by atoms with Gasteiger partial charge in [0.05, 0.1) is 5.56 Å². The fraction of sp³-hybridized carbons (Fsp3) is 0.471. The van der Waals surface area contributed by atoms with E-state index in [-0.39, 0.29) is 0 Å². The molecule has 3 nitrogen and oxygen atoms in total. The molecule has 0 saturated heterocycles. The largest absolute Gasteiger partial charge is 0.478 e. The molecule has 1 aromatic rings. The topological polar surface area (TPSA) is 49.3 Å². The molecule has 2 N–H and O–H groups in total. The lowest BCUT2D eigenvalue weighted by atomic mass is 9.90. The Kier molecular flexibility index (Phi) is 3.88. The van der Waals surface area contributed by atoms with E-state index in [9.17, 15) is 4.79 Å². The van der Waals surface area contributed by atoms with Crippen LogP contribution in [0.25, 0.3) is 0 Å². The van der Waals surface area contributed by atoms with E-state index in [4.69, 9.17) is 5.11 Å². The van der Waals surface area contributed by atoms with Gasteiger partial charge in [-0.25, -0.2) is 4.79 Å². The highest BCUT2D eigenvalue weighted by Gasteiger charge is 2.22. The van der Waals surface area contributed by atoms with Crippen LogP contribution in [-0.2, 0) is 6.54 Å². The van der Waals surface area contributed by atoms with Gasteiger partial charge in [-0.15, -0.1) is 0 Å². The molecule has 2 aliphatic rings. The Bertz CT molecular complexity index is 514. The molecule has 1 aromatic carbocycles. The van der Waals surface area contributed by atoms with Crippen molar-refractivity contribution in [1.29, 1.82) is 0 Å². The molecule has 3 rings (SSSR count). The first-order valence-corrected chi connectivity index (χ1v) is 7.48. The van der Waals surface area contributed by atoms with Gasteiger partial charge in [0.25, 0.3) is 0 Å². The van der Waals surface area contributed by atoms with E-state index < -0.39 is 5.97 Å².